The number of carbonyl (C=O) groups is 3. The number of benzene rings is 1. The fourth-order valence-corrected chi connectivity index (χ4v) is 3.51. The molecule has 2 amide bonds. The van der Waals surface area contributed by atoms with Crippen LogP contribution < -0.4 is 5.32 Å². The number of hydrogen-bond acceptors (Lipinski definition) is 5. The van der Waals surface area contributed by atoms with Crippen molar-refractivity contribution in [2.75, 3.05) is 7.05 Å². The van der Waals surface area contributed by atoms with Crippen LogP contribution in [0.2, 0.25) is 0 Å². The van der Waals surface area contributed by atoms with E-state index in [1.807, 2.05) is 6.92 Å². The largest absolute Gasteiger partial charge is 0.480 e. The molecule has 2 rings (SSSR count). The van der Waals surface area contributed by atoms with Gasteiger partial charge >= 0.3 is 5.97 Å². The summed E-state index contributed by atoms with van der Waals surface area (Å²) in [5.41, 5.74) is 1.12. The zero-order chi connectivity index (χ0) is 19.4. The molecule has 6 nitrogen and oxygen atoms in total. The van der Waals surface area contributed by atoms with Crippen molar-refractivity contribution >= 4 is 52.2 Å². The van der Waals surface area contributed by atoms with Crippen LogP contribution in [-0.4, -0.2) is 45.2 Å². The minimum absolute atomic E-state index is 0.153. The number of thiocarbonyl (C=S) groups is 1. The number of carboxylic acids is 1. The molecule has 138 valence electrons. The Morgan fingerprint density at radius 1 is 1.35 bits per heavy atom. The van der Waals surface area contributed by atoms with Gasteiger partial charge in [-0.3, -0.25) is 14.5 Å². The average molecular weight is 393 g/mol. The summed E-state index contributed by atoms with van der Waals surface area (Å²) >= 11 is 6.31. The molecule has 1 aromatic carbocycles. The van der Waals surface area contributed by atoms with Crippen molar-refractivity contribution in [3.05, 3.63) is 40.3 Å². The van der Waals surface area contributed by atoms with E-state index in [4.69, 9.17) is 12.2 Å². The van der Waals surface area contributed by atoms with Gasteiger partial charge in [-0.15, -0.1) is 0 Å². The number of thioether (sulfide) groups is 1. The molecule has 1 saturated heterocycles. The smallest absolute Gasteiger partial charge is 0.326 e. The van der Waals surface area contributed by atoms with Gasteiger partial charge in [0.05, 0.1) is 4.91 Å². The maximum Gasteiger partial charge on any atom is 0.326 e. The third-order valence-corrected chi connectivity index (χ3v) is 5.71. The quantitative estimate of drug-likeness (QED) is 0.572. The Balaban J connectivity index is 2.12. The van der Waals surface area contributed by atoms with Gasteiger partial charge in [-0.1, -0.05) is 56.4 Å². The van der Waals surface area contributed by atoms with Gasteiger partial charge in [0.25, 0.3) is 11.8 Å². The molecule has 1 aromatic rings. The molecule has 0 aliphatic carbocycles. The van der Waals surface area contributed by atoms with Gasteiger partial charge in [0, 0.05) is 12.6 Å². The monoisotopic (exact) mass is 392 g/mol. The molecular formula is C18H20N2O4S2. The topological polar surface area (TPSA) is 86.7 Å². The SMILES string of the molecule is CCC(C)C(NC(=O)c1ccc(/C=C2/SC(=S)N(C)C2=O)cc1)C(=O)O. The van der Waals surface area contributed by atoms with Gasteiger partial charge in [-0.25, -0.2) is 4.79 Å². The van der Waals surface area contributed by atoms with Gasteiger partial charge in [-0.2, -0.15) is 0 Å². The van der Waals surface area contributed by atoms with Crippen molar-refractivity contribution in [1.29, 1.82) is 0 Å². The lowest BCUT2D eigenvalue weighted by atomic mass is 9.99. The maximum atomic E-state index is 12.3. The molecule has 26 heavy (non-hydrogen) atoms. The second-order valence-electron chi connectivity index (χ2n) is 6.04. The molecule has 2 unspecified atom stereocenters. The molecule has 0 radical (unpaired) electrons. The van der Waals surface area contributed by atoms with Crippen LogP contribution in [0.25, 0.3) is 6.08 Å². The first-order chi connectivity index (χ1) is 12.2. The highest BCUT2D eigenvalue weighted by Crippen LogP contribution is 2.31. The lowest BCUT2D eigenvalue weighted by Crippen LogP contribution is -2.45. The molecule has 0 aromatic heterocycles. The second kappa shape index (κ2) is 8.46. The third-order valence-electron chi connectivity index (χ3n) is 4.22. The van der Waals surface area contributed by atoms with Crippen molar-refractivity contribution in [2.24, 2.45) is 5.92 Å². The number of carbonyl (C=O) groups excluding carboxylic acids is 2. The molecule has 0 bridgehead atoms. The number of rotatable bonds is 6. The Morgan fingerprint density at radius 2 is 1.96 bits per heavy atom. The Hall–Kier alpha value is -2.19. The first kappa shape index (κ1) is 20.1. The van der Waals surface area contributed by atoms with Gasteiger partial charge in [0.15, 0.2) is 0 Å². The Kier molecular flexibility index (Phi) is 6.55. The van der Waals surface area contributed by atoms with E-state index in [0.717, 1.165) is 5.56 Å². The van der Waals surface area contributed by atoms with E-state index in [0.29, 0.717) is 21.2 Å². The molecule has 2 N–H and O–H groups in total. The Bertz CT molecular complexity index is 774. The molecular weight excluding hydrogens is 372 g/mol. The molecule has 1 fully saturated rings. The van der Waals surface area contributed by atoms with E-state index >= 15 is 0 Å². The van der Waals surface area contributed by atoms with Crippen LogP contribution in [0.5, 0.6) is 0 Å². The zero-order valence-electron chi connectivity index (χ0n) is 14.7. The van der Waals surface area contributed by atoms with E-state index in [1.54, 1.807) is 44.3 Å². The molecule has 0 spiro atoms. The minimum Gasteiger partial charge on any atom is -0.480 e. The van der Waals surface area contributed by atoms with Gasteiger partial charge in [0.2, 0.25) is 0 Å². The van der Waals surface area contributed by atoms with Crippen LogP contribution in [0.3, 0.4) is 0 Å². The highest BCUT2D eigenvalue weighted by molar-refractivity contribution is 8.26. The summed E-state index contributed by atoms with van der Waals surface area (Å²) in [6, 6.07) is 5.68. The predicted octanol–water partition coefficient (Wildman–Crippen LogP) is 2.75. The van der Waals surface area contributed by atoms with E-state index < -0.39 is 17.9 Å². The van der Waals surface area contributed by atoms with Crippen LogP contribution in [0.4, 0.5) is 0 Å². The summed E-state index contributed by atoms with van der Waals surface area (Å²) in [4.78, 5) is 37.6. The van der Waals surface area contributed by atoms with Gasteiger partial charge in [0.1, 0.15) is 10.4 Å². The minimum atomic E-state index is -1.05. The number of likely N-dealkylation sites (N-methyl/N-ethyl adjacent to an activating group) is 1. The van der Waals surface area contributed by atoms with Crippen molar-refractivity contribution in [2.45, 2.75) is 26.3 Å². The number of carboxylic acid groups (broad SMARTS) is 1. The van der Waals surface area contributed by atoms with Gasteiger partial charge < -0.3 is 10.4 Å². The van der Waals surface area contributed by atoms with Crippen LogP contribution in [0.15, 0.2) is 29.2 Å². The Morgan fingerprint density at radius 3 is 2.42 bits per heavy atom. The molecule has 8 heteroatoms. The fourth-order valence-electron chi connectivity index (χ4n) is 2.34. The summed E-state index contributed by atoms with van der Waals surface area (Å²) < 4.78 is 0.502. The molecule has 0 saturated carbocycles. The number of nitrogens with zero attached hydrogens (tertiary/aromatic N) is 1. The van der Waals surface area contributed by atoms with Crippen LogP contribution in [0, 0.1) is 5.92 Å². The van der Waals surface area contributed by atoms with Crippen LogP contribution in [0.1, 0.15) is 36.2 Å². The summed E-state index contributed by atoms with van der Waals surface area (Å²) in [6.07, 6.45) is 2.36. The first-order valence-corrected chi connectivity index (χ1v) is 9.32. The third kappa shape index (κ3) is 4.50. The van der Waals surface area contributed by atoms with E-state index in [-0.39, 0.29) is 11.8 Å². The van der Waals surface area contributed by atoms with Crippen molar-refractivity contribution in [1.82, 2.24) is 10.2 Å². The van der Waals surface area contributed by atoms with Crippen molar-refractivity contribution < 1.29 is 19.5 Å². The number of nitrogens with one attached hydrogen (secondary N) is 1. The summed E-state index contributed by atoms with van der Waals surface area (Å²) in [5.74, 6) is -1.82. The summed E-state index contributed by atoms with van der Waals surface area (Å²) in [5, 5.41) is 11.8. The maximum absolute atomic E-state index is 12.3. The summed E-state index contributed by atoms with van der Waals surface area (Å²) in [7, 11) is 1.63. The fraction of sp³-hybridized carbons (Fsp3) is 0.333. The first-order valence-electron chi connectivity index (χ1n) is 8.09. The molecule has 2 atom stereocenters. The lowest BCUT2D eigenvalue weighted by Gasteiger charge is -2.20. The molecule has 1 aliphatic rings. The van der Waals surface area contributed by atoms with Crippen LogP contribution in [-0.2, 0) is 9.59 Å². The second-order valence-corrected chi connectivity index (χ2v) is 7.71. The lowest BCUT2D eigenvalue weighted by molar-refractivity contribution is -0.140. The average Bonchev–Trinajstić information content (AvgIpc) is 2.86. The standard InChI is InChI=1S/C18H20N2O4S2/c1-4-10(2)14(17(23)24)19-15(21)12-7-5-11(6-8-12)9-13-16(22)20(3)18(25)26-13/h5-10,14H,4H2,1-3H3,(H,19,21)(H,23,24)/b13-9+. The van der Waals surface area contributed by atoms with Crippen LogP contribution >= 0.6 is 24.0 Å². The predicted molar refractivity (Wildman–Crippen MR) is 106 cm³/mol. The normalized spacial score (nSPS) is 18.1. The zero-order valence-corrected chi connectivity index (χ0v) is 16.3. The van der Waals surface area contributed by atoms with E-state index in [9.17, 15) is 19.5 Å². The molecule has 1 heterocycles. The molecule has 1 aliphatic heterocycles. The van der Waals surface area contributed by atoms with E-state index in [2.05, 4.69) is 5.32 Å². The van der Waals surface area contributed by atoms with Crippen molar-refractivity contribution in [3.63, 3.8) is 0 Å². The Labute approximate surface area is 161 Å². The number of hydrogen-bond donors (Lipinski definition) is 2. The summed E-state index contributed by atoms with van der Waals surface area (Å²) in [6.45, 7) is 3.66. The number of aliphatic carboxylic acids is 1. The van der Waals surface area contributed by atoms with Gasteiger partial charge in [-0.05, 0) is 29.7 Å². The highest BCUT2D eigenvalue weighted by atomic mass is 32.2. The van der Waals surface area contributed by atoms with Crippen molar-refractivity contribution in [3.8, 4) is 0 Å². The number of amides is 2. The highest BCUT2D eigenvalue weighted by Gasteiger charge is 2.29. The van der Waals surface area contributed by atoms with E-state index in [1.165, 1.54) is 16.7 Å².